The number of piperazine rings is 1. The molecule has 1 amide bonds. The number of amides is 1. The Hall–Kier alpha value is -2.35. The summed E-state index contributed by atoms with van der Waals surface area (Å²) in [4.78, 5) is 18.6. The number of nitrogens with zero attached hydrogens (tertiary/aromatic N) is 3. The van der Waals surface area contributed by atoms with E-state index in [1.165, 1.54) is 4.88 Å². The minimum Gasteiger partial charge on any atom is -0.487 e. The van der Waals surface area contributed by atoms with Crippen LogP contribution in [0.25, 0.3) is 0 Å². The highest BCUT2D eigenvalue weighted by molar-refractivity contribution is 7.09. The highest BCUT2D eigenvalue weighted by Crippen LogP contribution is 2.26. The third-order valence-electron chi connectivity index (χ3n) is 5.01. The van der Waals surface area contributed by atoms with Crippen molar-refractivity contribution in [2.75, 3.05) is 26.2 Å². The van der Waals surface area contributed by atoms with Gasteiger partial charge in [-0.15, -0.1) is 11.3 Å². The fourth-order valence-corrected chi connectivity index (χ4v) is 4.26. The molecule has 29 heavy (non-hydrogen) atoms. The average molecular weight is 432 g/mol. The maximum atomic E-state index is 13.0. The summed E-state index contributed by atoms with van der Waals surface area (Å²) in [7, 11) is 0. The van der Waals surface area contributed by atoms with Crippen LogP contribution < -0.4 is 4.74 Å². The molecule has 1 aliphatic heterocycles. The van der Waals surface area contributed by atoms with E-state index in [2.05, 4.69) is 27.6 Å². The number of para-hydroxylation sites is 1. The van der Waals surface area contributed by atoms with Gasteiger partial charge in [0.25, 0.3) is 5.91 Å². The Morgan fingerprint density at radius 1 is 1.21 bits per heavy atom. The van der Waals surface area contributed by atoms with E-state index in [0.717, 1.165) is 19.6 Å². The van der Waals surface area contributed by atoms with Gasteiger partial charge in [0.05, 0.1) is 10.6 Å². The predicted octanol–water partition coefficient (Wildman–Crippen LogP) is 4.23. The maximum Gasteiger partial charge on any atom is 0.276 e. The van der Waals surface area contributed by atoms with Crippen molar-refractivity contribution < 1.29 is 14.1 Å². The summed E-state index contributed by atoms with van der Waals surface area (Å²) in [5, 5.41) is 6.63. The van der Waals surface area contributed by atoms with Gasteiger partial charge in [0.15, 0.2) is 5.69 Å². The minimum atomic E-state index is -0.115. The van der Waals surface area contributed by atoms with Gasteiger partial charge in [-0.3, -0.25) is 9.69 Å². The number of hydrogen-bond donors (Lipinski definition) is 0. The molecule has 152 valence electrons. The molecule has 0 saturated carbocycles. The molecule has 0 N–H and O–H groups in total. The average Bonchev–Trinajstić information content (AvgIpc) is 3.37. The first-order valence-corrected chi connectivity index (χ1v) is 10.7. The Balaban J connectivity index is 1.38. The zero-order valence-corrected chi connectivity index (χ0v) is 17.7. The van der Waals surface area contributed by atoms with Crippen LogP contribution in [0.3, 0.4) is 0 Å². The largest absolute Gasteiger partial charge is 0.487 e. The number of hydrogen-bond acceptors (Lipinski definition) is 6. The number of rotatable bonds is 6. The van der Waals surface area contributed by atoms with Gasteiger partial charge >= 0.3 is 0 Å². The number of benzene rings is 1. The quantitative estimate of drug-likeness (QED) is 0.584. The lowest BCUT2D eigenvalue weighted by atomic mass is 10.1. The summed E-state index contributed by atoms with van der Waals surface area (Å²) in [6.07, 6.45) is 0. The number of carbonyl (C=O) groups excluding carboxylic acids is 1. The normalized spacial score (nSPS) is 14.9. The molecule has 1 aliphatic rings. The van der Waals surface area contributed by atoms with Crippen LogP contribution in [-0.2, 0) is 13.2 Å². The second kappa shape index (κ2) is 8.98. The molecule has 0 bridgehead atoms. The van der Waals surface area contributed by atoms with Crippen LogP contribution in [-0.4, -0.2) is 47.0 Å². The second-order valence-corrected chi connectivity index (χ2v) is 8.37. The van der Waals surface area contributed by atoms with Crippen molar-refractivity contribution in [3.63, 3.8) is 0 Å². The zero-order chi connectivity index (χ0) is 20.2. The van der Waals surface area contributed by atoms with Crippen molar-refractivity contribution in [1.82, 2.24) is 15.0 Å². The van der Waals surface area contributed by atoms with Gasteiger partial charge in [0, 0.05) is 37.6 Å². The molecule has 6 nitrogen and oxygen atoms in total. The number of thiophene rings is 1. The van der Waals surface area contributed by atoms with Crippen LogP contribution >= 0.6 is 22.9 Å². The molecular weight excluding hydrogens is 410 g/mol. The van der Waals surface area contributed by atoms with Crippen molar-refractivity contribution in [3.05, 3.63) is 68.7 Å². The number of ether oxygens (including phenoxy) is 1. The lowest BCUT2D eigenvalue weighted by Crippen LogP contribution is -2.48. The maximum absolute atomic E-state index is 13.0. The van der Waals surface area contributed by atoms with E-state index in [4.69, 9.17) is 20.9 Å². The number of aryl methyl sites for hydroxylation is 1. The Labute approximate surface area is 178 Å². The van der Waals surface area contributed by atoms with Crippen molar-refractivity contribution in [3.8, 4) is 5.75 Å². The molecule has 3 aromatic rings. The highest BCUT2D eigenvalue weighted by atomic mass is 35.5. The molecule has 3 heterocycles. The van der Waals surface area contributed by atoms with Crippen molar-refractivity contribution in [2.24, 2.45) is 0 Å². The molecule has 1 saturated heterocycles. The molecule has 0 atom stereocenters. The van der Waals surface area contributed by atoms with E-state index in [-0.39, 0.29) is 12.5 Å². The van der Waals surface area contributed by atoms with E-state index < -0.39 is 0 Å². The molecule has 0 radical (unpaired) electrons. The van der Waals surface area contributed by atoms with E-state index >= 15 is 0 Å². The van der Waals surface area contributed by atoms with E-state index in [0.29, 0.717) is 40.9 Å². The Morgan fingerprint density at radius 3 is 2.72 bits per heavy atom. The first kappa shape index (κ1) is 19.9. The molecule has 1 fully saturated rings. The third-order valence-corrected chi connectivity index (χ3v) is 6.19. The molecule has 4 rings (SSSR count). The molecule has 1 aromatic carbocycles. The van der Waals surface area contributed by atoms with Crippen molar-refractivity contribution >= 4 is 28.8 Å². The molecule has 8 heteroatoms. The highest BCUT2D eigenvalue weighted by Gasteiger charge is 2.28. The first-order valence-electron chi connectivity index (χ1n) is 9.48. The molecular formula is C21H22ClN3O3S. The fraction of sp³-hybridized carbons (Fsp3) is 0.333. The first-order chi connectivity index (χ1) is 14.1. The summed E-state index contributed by atoms with van der Waals surface area (Å²) in [5.41, 5.74) is 0.984. The van der Waals surface area contributed by atoms with Gasteiger partial charge in [0.2, 0.25) is 0 Å². The summed E-state index contributed by atoms with van der Waals surface area (Å²) >= 11 is 7.91. The van der Waals surface area contributed by atoms with Gasteiger partial charge < -0.3 is 14.2 Å². The van der Waals surface area contributed by atoms with Gasteiger partial charge in [-0.25, -0.2) is 0 Å². The van der Waals surface area contributed by atoms with Crippen LogP contribution in [0.15, 0.2) is 46.3 Å². The smallest absolute Gasteiger partial charge is 0.276 e. The number of halogens is 1. The Morgan fingerprint density at radius 2 is 2.00 bits per heavy atom. The fourth-order valence-electron chi connectivity index (χ4n) is 3.32. The molecule has 0 aliphatic carbocycles. The van der Waals surface area contributed by atoms with Crippen LogP contribution in [0.5, 0.6) is 5.75 Å². The topological polar surface area (TPSA) is 58.8 Å². The van der Waals surface area contributed by atoms with Crippen LogP contribution in [0, 0.1) is 6.92 Å². The lowest BCUT2D eigenvalue weighted by Gasteiger charge is -2.34. The van der Waals surface area contributed by atoms with E-state index in [1.807, 2.05) is 17.0 Å². The minimum absolute atomic E-state index is 0.115. The van der Waals surface area contributed by atoms with Crippen molar-refractivity contribution in [2.45, 2.75) is 20.1 Å². The third kappa shape index (κ3) is 4.63. The SMILES string of the molecule is Cc1onc(C(=O)N2CCN(Cc3cccs3)CC2)c1COc1ccccc1Cl. The Bertz CT molecular complexity index is 965. The summed E-state index contributed by atoms with van der Waals surface area (Å²) in [6, 6.07) is 11.5. The summed E-state index contributed by atoms with van der Waals surface area (Å²) in [6.45, 7) is 5.91. The molecule has 2 aromatic heterocycles. The van der Waals surface area contributed by atoms with E-state index in [1.54, 1.807) is 30.4 Å². The zero-order valence-electron chi connectivity index (χ0n) is 16.1. The van der Waals surface area contributed by atoms with Gasteiger partial charge in [-0.05, 0) is 30.5 Å². The summed E-state index contributed by atoms with van der Waals surface area (Å²) in [5.74, 6) is 1.03. The molecule has 0 unspecified atom stereocenters. The van der Waals surface area contributed by atoms with Gasteiger partial charge in [-0.2, -0.15) is 0 Å². The number of carbonyl (C=O) groups is 1. The van der Waals surface area contributed by atoms with Crippen molar-refractivity contribution in [1.29, 1.82) is 0 Å². The molecule has 0 spiro atoms. The lowest BCUT2D eigenvalue weighted by molar-refractivity contribution is 0.0617. The van der Waals surface area contributed by atoms with E-state index in [9.17, 15) is 4.79 Å². The van der Waals surface area contributed by atoms with Crippen LogP contribution in [0.1, 0.15) is 26.7 Å². The summed E-state index contributed by atoms with van der Waals surface area (Å²) < 4.78 is 11.1. The standard InChI is InChI=1S/C21H22ClN3O3S/c1-15-17(14-27-19-7-3-2-6-18(19)22)20(23-28-15)21(26)25-10-8-24(9-11-25)13-16-5-4-12-29-16/h2-7,12H,8-11,13-14H2,1H3. The van der Waals surface area contributed by atoms with Crippen LogP contribution in [0.2, 0.25) is 5.02 Å². The Kier molecular flexibility index (Phi) is 6.18. The number of aromatic nitrogens is 1. The second-order valence-electron chi connectivity index (χ2n) is 6.93. The van der Waals surface area contributed by atoms with Crippen LogP contribution in [0.4, 0.5) is 0 Å². The monoisotopic (exact) mass is 431 g/mol. The van der Waals surface area contributed by atoms with Gasteiger partial charge in [-0.1, -0.05) is 35.0 Å². The van der Waals surface area contributed by atoms with Gasteiger partial charge in [0.1, 0.15) is 18.1 Å². The predicted molar refractivity (Wildman–Crippen MR) is 113 cm³/mol.